The van der Waals surface area contributed by atoms with Crippen LogP contribution in [0.15, 0.2) is 18.5 Å². The number of nitrogens with zero attached hydrogens (tertiary/aromatic N) is 2. The van der Waals surface area contributed by atoms with Crippen LogP contribution in [-0.4, -0.2) is 28.9 Å². The molecule has 0 aliphatic rings. The molecule has 0 aliphatic heterocycles. The number of benzene rings is 1. The van der Waals surface area contributed by atoms with Crippen LogP contribution < -0.4 is 14.8 Å². The molecule has 1 heterocycles. The molecule has 1 aromatic carbocycles. The monoisotopic (exact) mass is 310 g/mol. The first-order valence-electron chi connectivity index (χ1n) is 6.78. The zero-order valence-corrected chi connectivity index (χ0v) is 12.9. The van der Waals surface area contributed by atoms with E-state index in [1.807, 2.05) is 19.1 Å². The van der Waals surface area contributed by atoms with Gasteiger partial charge in [0.15, 0.2) is 11.5 Å². The van der Waals surface area contributed by atoms with Crippen LogP contribution in [0.25, 0.3) is 0 Å². The molecule has 0 atom stereocenters. The predicted octanol–water partition coefficient (Wildman–Crippen LogP) is 2.55. The molecule has 1 aromatic heterocycles. The van der Waals surface area contributed by atoms with Gasteiger partial charge in [0, 0.05) is 6.54 Å². The van der Waals surface area contributed by atoms with Crippen LogP contribution in [-0.2, 0) is 13.1 Å². The highest BCUT2D eigenvalue weighted by Crippen LogP contribution is 2.36. The number of aromatic nitrogens is 3. The quantitative estimate of drug-likeness (QED) is 0.784. The molecule has 6 nitrogen and oxygen atoms in total. The number of hydrogen-bond acceptors (Lipinski definition) is 5. The summed E-state index contributed by atoms with van der Waals surface area (Å²) in [6, 6.07) is 3.80. The van der Waals surface area contributed by atoms with Gasteiger partial charge < -0.3 is 14.8 Å². The fraction of sp³-hybridized carbons (Fsp3) is 0.429. The summed E-state index contributed by atoms with van der Waals surface area (Å²) in [4.78, 5) is 4.05. The van der Waals surface area contributed by atoms with Crippen molar-refractivity contribution in [2.45, 2.75) is 26.4 Å². The number of aromatic amines is 1. The van der Waals surface area contributed by atoms with Crippen molar-refractivity contribution in [1.29, 1.82) is 0 Å². The second kappa shape index (κ2) is 7.85. The summed E-state index contributed by atoms with van der Waals surface area (Å²) in [6.45, 7) is 3.90. The van der Waals surface area contributed by atoms with E-state index in [-0.39, 0.29) is 0 Å². The average Bonchev–Trinajstić information content (AvgIpc) is 2.99. The van der Waals surface area contributed by atoms with Crippen molar-refractivity contribution in [1.82, 2.24) is 20.5 Å². The number of hydrogen-bond donors (Lipinski definition) is 2. The van der Waals surface area contributed by atoms with Gasteiger partial charge in [-0.15, -0.1) is 0 Å². The Kier molecular flexibility index (Phi) is 5.83. The highest BCUT2D eigenvalue weighted by atomic mass is 35.5. The predicted molar refractivity (Wildman–Crippen MR) is 80.7 cm³/mol. The van der Waals surface area contributed by atoms with E-state index in [0.717, 1.165) is 17.8 Å². The molecule has 0 saturated heterocycles. The maximum atomic E-state index is 6.27. The number of methoxy groups -OCH3 is 1. The number of H-pyrrole nitrogens is 1. The SMILES string of the molecule is CCCOc1c(Cl)cc(CNCc2ncn[nH]2)cc1OC. The summed E-state index contributed by atoms with van der Waals surface area (Å²) >= 11 is 6.27. The standard InChI is InChI=1S/C14H19ClN4O2/c1-3-4-21-14-11(15)5-10(6-12(14)20-2)7-16-8-13-17-9-18-19-13/h5-6,9,16H,3-4,7-8H2,1-2H3,(H,17,18,19). The average molecular weight is 311 g/mol. The molecule has 0 unspecified atom stereocenters. The van der Waals surface area contributed by atoms with E-state index in [0.29, 0.717) is 36.2 Å². The maximum absolute atomic E-state index is 6.27. The Morgan fingerprint density at radius 3 is 2.86 bits per heavy atom. The molecular weight excluding hydrogens is 292 g/mol. The lowest BCUT2D eigenvalue weighted by atomic mass is 10.2. The summed E-state index contributed by atoms with van der Waals surface area (Å²) in [5.74, 6) is 2.03. The minimum absolute atomic E-state index is 0.555. The second-order valence-corrected chi connectivity index (χ2v) is 4.90. The smallest absolute Gasteiger partial charge is 0.179 e. The minimum atomic E-state index is 0.555. The topological polar surface area (TPSA) is 72.1 Å². The lowest BCUT2D eigenvalue weighted by Crippen LogP contribution is -2.14. The van der Waals surface area contributed by atoms with E-state index >= 15 is 0 Å². The molecule has 0 spiro atoms. The molecule has 7 heteroatoms. The molecule has 0 bridgehead atoms. The van der Waals surface area contributed by atoms with Crippen molar-refractivity contribution in [3.63, 3.8) is 0 Å². The first kappa shape index (κ1) is 15.6. The molecule has 2 rings (SSSR count). The molecule has 0 amide bonds. The van der Waals surface area contributed by atoms with Gasteiger partial charge in [0.1, 0.15) is 12.2 Å². The molecule has 0 saturated carbocycles. The van der Waals surface area contributed by atoms with Crippen molar-refractivity contribution in [2.24, 2.45) is 0 Å². The van der Waals surface area contributed by atoms with Crippen molar-refractivity contribution in [3.8, 4) is 11.5 Å². The fourth-order valence-electron chi connectivity index (χ4n) is 1.86. The lowest BCUT2D eigenvalue weighted by molar-refractivity contribution is 0.294. The number of nitrogens with one attached hydrogen (secondary N) is 2. The van der Waals surface area contributed by atoms with E-state index < -0.39 is 0 Å². The highest BCUT2D eigenvalue weighted by molar-refractivity contribution is 6.32. The molecular formula is C14H19ClN4O2. The van der Waals surface area contributed by atoms with Gasteiger partial charge in [-0.25, -0.2) is 4.98 Å². The molecule has 0 radical (unpaired) electrons. The third kappa shape index (κ3) is 4.34. The highest BCUT2D eigenvalue weighted by Gasteiger charge is 2.11. The molecule has 0 aliphatic carbocycles. The van der Waals surface area contributed by atoms with E-state index in [4.69, 9.17) is 21.1 Å². The van der Waals surface area contributed by atoms with Gasteiger partial charge in [0.25, 0.3) is 0 Å². The third-order valence-corrected chi connectivity index (χ3v) is 3.11. The van der Waals surface area contributed by atoms with Gasteiger partial charge >= 0.3 is 0 Å². The van der Waals surface area contributed by atoms with Crippen LogP contribution in [0.5, 0.6) is 11.5 Å². The normalized spacial score (nSPS) is 10.6. The van der Waals surface area contributed by atoms with Gasteiger partial charge in [0.05, 0.1) is 25.3 Å². The van der Waals surface area contributed by atoms with E-state index in [9.17, 15) is 0 Å². The van der Waals surface area contributed by atoms with Crippen LogP contribution in [0.3, 0.4) is 0 Å². The Hall–Kier alpha value is -1.79. The Balaban J connectivity index is 2.01. The third-order valence-electron chi connectivity index (χ3n) is 2.83. The van der Waals surface area contributed by atoms with Crippen LogP contribution in [0, 0.1) is 0 Å². The van der Waals surface area contributed by atoms with Gasteiger partial charge in [-0.05, 0) is 24.1 Å². The van der Waals surface area contributed by atoms with Gasteiger partial charge in [-0.2, -0.15) is 5.10 Å². The maximum Gasteiger partial charge on any atom is 0.179 e. The van der Waals surface area contributed by atoms with Gasteiger partial charge in [-0.1, -0.05) is 18.5 Å². The molecule has 114 valence electrons. The summed E-state index contributed by atoms with van der Waals surface area (Å²) in [5, 5.41) is 10.4. The Morgan fingerprint density at radius 1 is 1.33 bits per heavy atom. The van der Waals surface area contributed by atoms with Crippen molar-refractivity contribution >= 4 is 11.6 Å². The second-order valence-electron chi connectivity index (χ2n) is 4.49. The van der Waals surface area contributed by atoms with Crippen LogP contribution in [0.1, 0.15) is 24.7 Å². The lowest BCUT2D eigenvalue weighted by Gasteiger charge is -2.14. The summed E-state index contributed by atoms with van der Waals surface area (Å²) < 4.78 is 11.0. The largest absolute Gasteiger partial charge is 0.493 e. The summed E-state index contributed by atoms with van der Waals surface area (Å²) in [6.07, 6.45) is 2.40. The minimum Gasteiger partial charge on any atom is -0.493 e. The van der Waals surface area contributed by atoms with Crippen LogP contribution in [0.2, 0.25) is 5.02 Å². The van der Waals surface area contributed by atoms with Crippen molar-refractivity contribution < 1.29 is 9.47 Å². The van der Waals surface area contributed by atoms with Crippen LogP contribution >= 0.6 is 11.6 Å². The Morgan fingerprint density at radius 2 is 2.19 bits per heavy atom. The molecule has 2 N–H and O–H groups in total. The van der Waals surface area contributed by atoms with Crippen molar-refractivity contribution in [3.05, 3.63) is 34.9 Å². The van der Waals surface area contributed by atoms with E-state index in [2.05, 4.69) is 20.5 Å². The van der Waals surface area contributed by atoms with Crippen molar-refractivity contribution in [2.75, 3.05) is 13.7 Å². The first-order valence-corrected chi connectivity index (χ1v) is 7.16. The van der Waals surface area contributed by atoms with Gasteiger partial charge in [0.2, 0.25) is 0 Å². The summed E-state index contributed by atoms with van der Waals surface area (Å²) in [7, 11) is 1.61. The Labute approximate surface area is 128 Å². The van der Waals surface area contributed by atoms with Gasteiger partial charge in [-0.3, -0.25) is 5.10 Å². The first-order chi connectivity index (χ1) is 10.2. The van der Waals surface area contributed by atoms with Crippen LogP contribution in [0.4, 0.5) is 0 Å². The molecule has 21 heavy (non-hydrogen) atoms. The molecule has 0 fully saturated rings. The molecule has 2 aromatic rings. The number of ether oxygens (including phenoxy) is 2. The van der Waals surface area contributed by atoms with E-state index in [1.165, 1.54) is 6.33 Å². The fourth-order valence-corrected chi connectivity index (χ4v) is 2.15. The zero-order valence-electron chi connectivity index (χ0n) is 12.1. The number of halogens is 1. The zero-order chi connectivity index (χ0) is 15.1. The number of rotatable bonds is 8. The Bertz CT molecular complexity index is 560. The summed E-state index contributed by atoms with van der Waals surface area (Å²) in [5.41, 5.74) is 1.01. The van der Waals surface area contributed by atoms with E-state index in [1.54, 1.807) is 7.11 Å².